The second-order valence-electron chi connectivity index (χ2n) is 6.13. The molecule has 2 heterocycles. The number of benzene rings is 2. The van der Waals surface area contributed by atoms with E-state index in [4.69, 9.17) is 11.6 Å². The summed E-state index contributed by atoms with van der Waals surface area (Å²) < 4.78 is 35.9. The maximum Gasteiger partial charge on any atom is 0.246 e. The molecule has 27 heavy (non-hydrogen) atoms. The van der Waals surface area contributed by atoms with Gasteiger partial charge < -0.3 is 5.32 Å². The lowest BCUT2D eigenvalue weighted by Gasteiger charge is -2.23. The van der Waals surface area contributed by atoms with Gasteiger partial charge in [0.25, 0.3) is 0 Å². The highest BCUT2D eigenvalue weighted by Gasteiger charge is 2.40. The molecule has 3 aromatic rings. The van der Waals surface area contributed by atoms with E-state index in [-0.39, 0.29) is 11.4 Å². The van der Waals surface area contributed by atoms with Crippen LogP contribution >= 0.6 is 23.3 Å². The van der Waals surface area contributed by atoms with Crippen molar-refractivity contribution in [3.05, 3.63) is 47.5 Å². The predicted molar refractivity (Wildman–Crippen MR) is 104 cm³/mol. The lowest BCUT2D eigenvalue weighted by atomic mass is 10.2. The van der Waals surface area contributed by atoms with Crippen molar-refractivity contribution in [3.8, 4) is 0 Å². The van der Waals surface area contributed by atoms with E-state index in [2.05, 4.69) is 14.1 Å². The van der Waals surface area contributed by atoms with Crippen LogP contribution in [0, 0.1) is 0 Å². The Hall–Kier alpha value is -2.07. The molecule has 0 bridgehead atoms. The number of halogens is 1. The smallest absolute Gasteiger partial charge is 0.246 e. The number of anilines is 1. The van der Waals surface area contributed by atoms with E-state index in [1.165, 1.54) is 10.4 Å². The molecule has 10 heteroatoms. The first kappa shape index (κ1) is 18.3. The van der Waals surface area contributed by atoms with Crippen molar-refractivity contribution in [2.75, 3.05) is 11.9 Å². The van der Waals surface area contributed by atoms with Crippen molar-refractivity contribution >= 4 is 56.0 Å². The van der Waals surface area contributed by atoms with E-state index in [0.29, 0.717) is 34.6 Å². The summed E-state index contributed by atoms with van der Waals surface area (Å²) in [7, 11) is -3.89. The molecule has 1 atom stereocenters. The molecular formula is C17H15ClN4O3S2. The average molecular weight is 423 g/mol. The number of rotatable bonds is 4. The molecule has 0 radical (unpaired) electrons. The Kier molecular flexibility index (Phi) is 4.85. The van der Waals surface area contributed by atoms with Gasteiger partial charge in [0.1, 0.15) is 22.0 Å². The largest absolute Gasteiger partial charge is 0.323 e. The second kappa shape index (κ2) is 7.16. The molecule has 0 unspecified atom stereocenters. The number of nitrogens with one attached hydrogen (secondary N) is 1. The zero-order valence-corrected chi connectivity index (χ0v) is 16.4. The molecule has 1 aliphatic rings. The molecule has 0 spiro atoms. The molecule has 1 fully saturated rings. The van der Waals surface area contributed by atoms with Crippen molar-refractivity contribution in [3.63, 3.8) is 0 Å². The molecule has 4 rings (SSSR count). The van der Waals surface area contributed by atoms with E-state index < -0.39 is 22.0 Å². The van der Waals surface area contributed by atoms with Gasteiger partial charge in [0, 0.05) is 6.54 Å². The fraction of sp³-hybridized carbons (Fsp3) is 0.235. The van der Waals surface area contributed by atoms with Crippen LogP contribution in [0.5, 0.6) is 0 Å². The first-order chi connectivity index (χ1) is 13.0. The minimum Gasteiger partial charge on any atom is -0.323 e. The molecule has 0 aliphatic carbocycles. The highest BCUT2D eigenvalue weighted by molar-refractivity contribution is 7.89. The van der Waals surface area contributed by atoms with Gasteiger partial charge >= 0.3 is 0 Å². The number of carbonyl (C=O) groups is 1. The van der Waals surface area contributed by atoms with Gasteiger partial charge in [0.05, 0.1) is 22.4 Å². The van der Waals surface area contributed by atoms with Crippen LogP contribution in [0.4, 0.5) is 5.69 Å². The van der Waals surface area contributed by atoms with Crippen molar-refractivity contribution in [2.45, 2.75) is 23.8 Å². The maximum atomic E-state index is 13.2. The van der Waals surface area contributed by atoms with E-state index in [0.717, 1.165) is 11.7 Å². The Morgan fingerprint density at radius 1 is 1.19 bits per heavy atom. The monoisotopic (exact) mass is 422 g/mol. The van der Waals surface area contributed by atoms with Gasteiger partial charge in [0.15, 0.2) is 0 Å². The second-order valence-corrected chi connectivity index (χ2v) is 8.93. The summed E-state index contributed by atoms with van der Waals surface area (Å²) >= 11 is 7.05. The fourth-order valence-electron chi connectivity index (χ4n) is 3.18. The van der Waals surface area contributed by atoms with Crippen molar-refractivity contribution in [1.82, 2.24) is 13.1 Å². The number of sulfonamides is 1. The average Bonchev–Trinajstić information content (AvgIpc) is 3.32. The predicted octanol–water partition coefficient (Wildman–Crippen LogP) is 3.14. The van der Waals surface area contributed by atoms with Crippen LogP contribution in [-0.4, -0.2) is 40.0 Å². The summed E-state index contributed by atoms with van der Waals surface area (Å²) in [4.78, 5) is 12.8. The van der Waals surface area contributed by atoms with E-state index in [9.17, 15) is 13.2 Å². The lowest BCUT2D eigenvalue weighted by molar-refractivity contribution is -0.119. The number of fused-ring (bicyclic) bond motifs is 1. The third-order valence-corrected chi connectivity index (χ3v) is 7.29. The topological polar surface area (TPSA) is 92.3 Å². The minimum absolute atomic E-state index is 0.0752. The summed E-state index contributed by atoms with van der Waals surface area (Å²) in [5.74, 6) is -0.396. The number of carbonyl (C=O) groups excluding carboxylic acids is 1. The van der Waals surface area contributed by atoms with Gasteiger partial charge in [-0.2, -0.15) is 13.1 Å². The Morgan fingerprint density at radius 2 is 2.00 bits per heavy atom. The highest BCUT2D eigenvalue weighted by Crippen LogP contribution is 2.31. The number of hydrogen-bond donors (Lipinski definition) is 1. The molecule has 7 nitrogen and oxygen atoms in total. The Labute approximate surface area is 165 Å². The van der Waals surface area contributed by atoms with Crippen LogP contribution in [0.25, 0.3) is 11.0 Å². The first-order valence-electron chi connectivity index (χ1n) is 8.27. The number of amides is 1. The molecule has 140 valence electrons. The Morgan fingerprint density at radius 3 is 2.81 bits per heavy atom. The van der Waals surface area contributed by atoms with E-state index >= 15 is 0 Å². The number of para-hydroxylation sites is 1. The van der Waals surface area contributed by atoms with Crippen molar-refractivity contribution in [2.24, 2.45) is 0 Å². The van der Waals surface area contributed by atoms with Crippen LogP contribution in [0.2, 0.25) is 5.02 Å². The SMILES string of the molecule is O=C(Nc1ccccc1Cl)[C@H]1CCCN1S(=O)(=O)c1cccc2nsnc12. The van der Waals surface area contributed by atoms with Crippen LogP contribution in [-0.2, 0) is 14.8 Å². The molecule has 1 aliphatic heterocycles. The van der Waals surface area contributed by atoms with Gasteiger partial charge in [-0.3, -0.25) is 4.79 Å². The zero-order valence-electron chi connectivity index (χ0n) is 14.0. The quantitative estimate of drug-likeness (QED) is 0.697. The molecule has 1 N–H and O–H groups in total. The van der Waals surface area contributed by atoms with Gasteiger partial charge in [-0.15, -0.1) is 0 Å². The molecule has 1 amide bonds. The summed E-state index contributed by atoms with van der Waals surface area (Å²) in [6.45, 7) is 0.275. The Balaban J connectivity index is 1.65. The molecule has 1 saturated heterocycles. The Bertz CT molecular complexity index is 1120. The molecular weight excluding hydrogens is 408 g/mol. The van der Waals surface area contributed by atoms with Crippen LogP contribution in [0.1, 0.15) is 12.8 Å². The standard InChI is InChI=1S/C17H15ClN4O3S2/c18-11-5-1-2-6-12(11)19-17(23)14-8-4-10-22(14)27(24,25)15-9-3-7-13-16(15)21-26-20-13/h1-3,5-7,9,14H,4,8,10H2,(H,19,23)/t14-/m1/s1. The normalized spacial score (nSPS) is 18.0. The molecule has 0 saturated carbocycles. The van der Waals surface area contributed by atoms with Crippen LogP contribution in [0.15, 0.2) is 47.4 Å². The minimum atomic E-state index is -3.89. The summed E-state index contributed by atoms with van der Waals surface area (Å²) in [5, 5.41) is 3.13. The summed E-state index contributed by atoms with van der Waals surface area (Å²) in [6, 6.07) is 10.9. The summed E-state index contributed by atoms with van der Waals surface area (Å²) in [6.07, 6.45) is 1.05. The third-order valence-electron chi connectivity index (χ3n) is 4.47. The lowest BCUT2D eigenvalue weighted by Crippen LogP contribution is -2.43. The number of aromatic nitrogens is 2. The maximum absolute atomic E-state index is 13.2. The molecule has 2 aromatic carbocycles. The van der Waals surface area contributed by atoms with Crippen LogP contribution < -0.4 is 5.32 Å². The van der Waals surface area contributed by atoms with Crippen LogP contribution in [0.3, 0.4) is 0 Å². The van der Waals surface area contributed by atoms with E-state index in [1.54, 1.807) is 36.4 Å². The van der Waals surface area contributed by atoms with Crippen molar-refractivity contribution in [1.29, 1.82) is 0 Å². The number of hydrogen-bond acceptors (Lipinski definition) is 6. The summed E-state index contributed by atoms with van der Waals surface area (Å²) in [5.41, 5.74) is 1.32. The number of nitrogens with zero attached hydrogens (tertiary/aromatic N) is 3. The third kappa shape index (κ3) is 3.31. The highest BCUT2D eigenvalue weighted by atomic mass is 35.5. The van der Waals surface area contributed by atoms with Gasteiger partial charge in [-0.25, -0.2) is 8.42 Å². The first-order valence-corrected chi connectivity index (χ1v) is 10.8. The molecule has 1 aromatic heterocycles. The van der Waals surface area contributed by atoms with Gasteiger partial charge in [-0.05, 0) is 37.1 Å². The van der Waals surface area contributed by atoms with Crippen molar-refractivity contribution < 1.29 is 13.2 Å². The van der Waals surface area contributed by atoms with Gasteiger partial charge in [-0.1, -0.05) is 29.8 Å². The fourth-order valence-corrected chi connectivity index (χ4v) is 5.78. The van der Waals surface area contributed by atoms with Gasteiger partial charge in [0.2, 0.25) is 15.9 Å². The van der Waals surface area contributed by atoms with E-state index in [1.807, 2.05) is 0 Å². The zero-order chi connectivity index (χ0) is 19.0.